The standard InChI is InChI=1S/C26H29N11O4/c27-35-29-14-19-11-20(13-22(12-19)33-36-28)26(40)32-21-9-7-18(8-10-21)16-37-17-23(15-30-37)31-24(38)5-3-1-2-4-6-25(39)34-41/h7-13,15,17,41H,1-6,14,16H2,(H,31,38)(H,32,40)(H,34,39). The number of carbonyl (C=O) groups is 3. The fraction of sp³-hybridized carbons (Fsp3) is 0.308. The third-order valence-electron chi connectivity index (χ3n) is 5.87. The molecule has 15 nitrogen and oxygen atoms in total. The zero-order valence-corrected chi connectivity index (χ0v) is 22.1. The Morgan fingerprint density at radius 2 is 1.61 bits per heavy atom. The van der Waals surface area contributed by atoms with Crippen LogP contribution in [0.2, 0.25) is 0 Å². The molecule has 2 aromatic carbocycles. The number of carbonyl (C=O) groups excluding carboxylic acids is 3. The summed E-state index contributed by atoms with van der Waals surface area (Å²) in [6.45, 7) is 0.455. The molecule has 0 aliphatic rings. The topological polar surface area (TPSA) is 223 Å². The lowest BCUT2D eigenvalue weighted by atomic mass is 10.1. The molecular weight excluding hydrogens is 530 g/mol. The molecule has 0 radical (unpaired) electrons. The number of anilines is 2. The number of amides is 3. The third kappa shape index (κ3) is 10.4. The molecule has 0 aliphatic heterocycles. The van der Waals surface area contributed by atoms with Gasteiger partial charge in [0.05, 0.1) is 25.0 Å². The minimum absolute atomic E-state index is 0.00807. The lowest BCUT2D eigenvalue weighted by Gasteiger charge is -2.09. The number of hydrogen-bond donors (Lipinski definition) is 4. The van der Waals surface area contributed by atoms with Crippen LogP contribution in [-0.4, -0.2) is 32.7 Å². The number of hydrogen-bond acceptors (Lipinski definition) is 7. The van der Waals surface area contributed by atoms with Crippen LogP contribution < -0.4 is 16.1 Å². The highest BCUT2D eigenvalue weighted by molar-refractivity contribution is 6.04. The van der Waals surface area contributed by atoms with Crippen LogP contribution in [-0.2, 0) is 22.7 Å². The van der Waals surface area contributed by atoms with E-state index in [1.54, 1.807) is 46.8 Å². The predicted molar refractivity (Wildman–Crippen MR) is 150 cm³/mol. The second-order valence-electron chi connectivity index (χ2n) is 9.04. The number of aromatic nitrogens is 2. The van der Waals surface area contributed by atoms with Crippen molar-refractivity contribution < 1.29 is 19.6 Å². The largest absolute Gasteiger partial charge is 0.323 e. The zero-order valence-electron chi connectivity index (χ0n) is 22.1. The Morgan fingerprint density at radius 1 is 0.878 bits per heavy atom. The zero-order chi connectivity index (χ0) is 29.5. The van der Waals surface area contributed by atoms with Gasteiger partial charge in [0.2, 0.25) is 11.8 Å². The van der Waals surface area contributed by atoms with Crippen LogP contribution >= 0.6 is 0 Å². The molecule has 4 N–H and O–H groups in total. The maximum absolute atomic E-state index is 12.8. The van der Waals surface area contributed by atoms with Crippen LogP contribution in [0.15, 0.2) is 65.1 Å². The van der Waals surface area contributed by atoms with Gasteiger partial charge in [0.1, 0.15) is 0 Å². The molecule has 15 heteroatoms. The Hall–Kier alpha value is -5.36. The Labute approximate surface area is 234 Å². The average molecular weight is 560 g/mol. The summed E-state index contributed by atoms with van der Waals surface area (Å²) in [5.41, 5.74) is 22.0. The van der Waals surface area contributed by atoms with Crippen molar-refractivity contribution in [1.29, 1.82) is 0 Å². The number of nitrogens with one attached hydrogen (secondary N) is 3. The number of azide groups is 2. The van der Waals surface area contributed by atoms with Crippen LogP contribution in [0, 0.1) is 0 Å². The SMILES string of the molecule is [N-]=[N+]=NCc1cc(N=[N+]=[N-])cc(C(=O)Nc2ccc(Cn3cc(NC(=O)CCCCCCC(=O)NO)cn3)cc2)c1. The molecule has 0 spiro atoms. The van der Waals surface area contributed by atoms with E-state index in [2.05, 4.69) is 35.8 Å². The number of nitrogens with zero attached hydrogens (tertiary/aromatic N) is 8. The summed E-state index contributed by atoms with van der Waals surface area (Å²) in [4.78, 5) is 41.4. The van der Waals surface area contributed by atoms with Gasteiger partial charge >= 0.3 is 0 Å². The molecule has 3 rings (SSSR count). The predicted octanol–water partition coefficient (Wildman–Crippen LogP) is 5.72. The molecule has 0 unspecified atom stereocenters. The molecule has 1 heterocycles. The van der Waals surface area contributed by atoms with E-state index < -0.39 is 11.8 Å². The summed E-state index contributed by atoms with van der Waals surface area (Å²) in [6, 6.07) is 11.7. The smallest absolute Gasteiger partial charge is 0.255 e. The molecule has 3 aromatic rings. The number of rotatable bonds is 15. The summed E-state index contributed by atoms with van der Waals surface area (Å²) < 4.78 is 1.68. The van der Waals surface area contributed by atoms with Crippen LogP contribution in [0.25, 0.3) is 20.9 Å². The normalized spacial score (nSPS) is 10.2. The van der Waals surface area contributed by atoms with Gasteiger partial charge in [-0.05, 0) is 65.4 Å². The van der Waals surface area contributed by atoms with Crippen molar-refractivity contribution >= 4 is 34.8 Å². The van der Waals surface area contributed by atoms with Gasteiger partial charge in [-0.15, -0.1) is 0 Å². The van der Waals surface area contributed by atoms with Crippen molar-refractivity contribution in [2.75, 3.05) is 10.6 Å². The molecule has 41 heavy (non-hydrogen) atoms. The first-order valence-electron chi connectivity index (χ1n) is 12.8. The van der Waals surface area contributed by atoms with Crippen LogP contribution in [0.1, 0.15) is 60.0 Å². The molecule has 0 saturated heterocycles. The molecular formula is C26H29N11O4. The van der Waals surface area contributed by atoms with Gasteiger partial charge in [0.15, 0.2) is 0 Å². The van der Waals surface area contributed by atoms with Gasteiger partial charge in [0, 0.05) is 45.8 Å². The highest BCUT2D eigenvalue weighted by Gasteiger charge is 2.10. The average Bonchev–Trinajstić information content (AvgIpc) is 3.40. The number of benzene rings is 2. The van der Waals surface area contributed by atoms with Crippen LogP contribution in [0.4, 0.5) is 17.1 Å². The van der Waals surface area contributed by atoms with Crippen LogP contribution in [0.5, 0.6) is 0 Å². The lowest BCUT2D eigenvalue weighted by molar-refractivity contribution is -0.129. The lowest BCUT2D eigenvalue weighted by Crippen LogP contribution is -2.17. The van der Waals surface area contributed by atoms with Crippen molar-refractivity contribution in [2.45, 2.75) is 51.6 Å². The van der Waals surface area contributed by atoms with E-state index >= 15 is 0 Å². The summed E-state index contributed by atoms with van der Waals surface area (Å²) in [5.74, 6) is -0.947. The van der Waals surface area contributed by atoms with Crippen molar-refractivity contribution in [2.24, 2.45) is 10.2 Å². The second kappa shape index (κ2) is 15.9. The summed E-state index contributed by atoms with van der Waals surface area (Å²) in [6.07, 6.45) is 6.87. The van der Waals surface area contributed by atoms with E-state index in [0.29, 0.717) is 42.7 Å². The third-order valence-corrected chi connectivity index (χ3v) is 5.87. The number of unbranched alkanes of at least 4 members (excludes halogenated alkanes) is 3. The van der Waals surface area contributed by atoms with Gasteiger partial charge in [-0.25, -0.2) is 5.48 Å². The van der Waals surface area contributed by atoms with E-state index in [4.69, 9.17) is 16.3 Å². The fourth-order valence-corrected chi connectivity index (χ4v) is 3.92. The Morgan fingerprint density at radius 3 is 2.29 bits per heavy atom. The monoisotopic (exact) mass is 559 g/mol. The Kier molecular flexibility index (Phi) is 11.7. The van der Waals surface area contributed by atoms with Crippen molar-refractivity contribution in [1.82, 2.24) is 15.3 Å². The van der Waals surface area contributed by atoms with Gasteiger partial charge in [0.25, 0.3) is 5.91 Å². The van der Waals surface area contributed by atoms with E-state index in [0.717, 1.165) is 18.4 Å². The summed E-state index contributed by atoms with van der Waals surface area (Å²) >= 11 is 0. The van der Waals surface area contributed by atoms with Gasteiger partial charge < -0.3 is 10.6 Å². The van der Waals surface area contributed by atoms with Gasteiger partial charge in [-0.2, -0.15) is 5.10 Å². The molecule has 1 aromatic heterocycles. The molecule has 0 atom stereocenters. The highest BCUT2D eigenvalue weighted by atomic mass is 16.5. The van der Waals surface area contributed by atoms with E-state index in [-0.39, 0.29) is 30.1 Å². The minimum Gasteiger partial charge on any atom is -0.323 e. The minimum atomic E-state index is -0.420. The van der Waals surface area contributed by atoms with Crippen molar-refractivity contribution in [3.05, 3.63) is 92.4 Å². The van der Waals surface area contributed by atoms with E-state index in [1.165, 1.54) is 6.07 Å². The Balaban J connectivity index is 1.48. The molecule has 0 saturated carbocycles. The van der Waals surface area contributed by atoms with Crippen LogP contribution in [0.3, 0.4) is 0 Å². The Bertz CT molecular complexity index is 1460. The summed E-state index contributed by atoms with van der Waals surface area (Å²) in [5, 5.41) is 25.4. The number of hydroxylamine groups is 1. The molecule has 212 valence electrons. The van der Waals surface area contributed by atoms with Gasteiger partial charge in [-0.3, -0.25) is 24.3 Å². The maximum atomic E-state index is 12.8. The maximum Gasteiger partial charge on any atom is 0.255 e. The van der Waals surface area contributed by atoms with Crippen molar-refractivity contribution in [3.63, 3.8) is 0 Å². The molecule has 0 aliphatic carbocycles. The fourth-order valence-electron chi connectivity index (χ4n) is 3.92. The first-order chi connectivity index (χ1) is 19.9. The second-order valence-corrected chi connectivity index (χ2v) is 9.04. The quantitative estimate of drug-likeness (QED) is 0.0456. The molecule has 3 amide bonds. The highest BCUT2D eigenvalue weighted by Crippen LogP contribution is 2.21. The first kappa shape index (κ1) is 30.2. The van der Waals surface area contributed by atoms with E-state index in [9.17, 15) is 14.4 Å². The van der Waals surface area contributed by atoms with E-state index in [1.807, 2.05) is 12.1 Å². The first-order valence-corrected chi connectivity index (χ1v) is 12.8. The van der Waals surface area contributed by atoms with Gasteiger partial charge in [-0.1, -0.05) is 35.2 Å². The molecule has 0 bridgehead atoms. The summed E-state index contributed by atoms with van der Waals surface area (Å²) in [7, 11) is 0. The van der Waals surface area contributed by atoms with Crippen molar-refractivity contribution in [3.8, 4) is 0 Å². The molecule has 0 fully saturated rings.